The lowest BCUT2D eigenvalue weighted by atomic mass is 9.57. The van der Waals surface area contributed by atoms with Gasteiger partial charge >= 0.3 is 0 Å². The van der Waals surface area contributed by atoms with Crippen LogP contribution in [-0.2, 0) is 0 Å². The molecular formula is C47H32BN2. The number of hydrogen-bond donors (Lipinski definition) is 1. The highest BCUT2D eigenvalue weighted by Crippen LogP contribution is 2.41. The molecule has 10 rings (SSSR count). The van der Waals surface area contributed by atoms with Crippen LogP contribution in [0.5, 0.6) is 0 Å². The molecule has 1 aliphatic rings. The maximum Gasteiger partial charge on any atom is 0.197 e. The lowest BCUT2D eigenvalue weighted by molar-refractivity contribution is 1.28. The summed E-state index contributed by atoms with van der Waals surface area (Å²) in [6, 6.07) is 61.8. The second-order valence-electron chi connectivity index (χ2n) is 13.4. The van der Waals surface area contributed by atoms with E-state index in [4.69, 9.17) is 0 Å². The molecule has 0 saturated heterocycles. The number of aromatic nitrogens is 1. The molecule has 3 heteroatoms. The van der Waals surface area contributed by atoms with E-state index in [-0.39, 0.29) is 0 Å². The normalized spacial score (nSPS) is 12.2. The summed E-state index contributed by atoms with van der Waals surface area (Å²) in [6.07, 6.45) is 0. The molecular weight excluding hydrogens is 603 g/mol. The molecule has 2 heterocycles. The van der Waals surface area contributed by atoms with Crippen LogP contribution in [0.4, 0.5) is 17.1 Å². The molecule has 0 aliphatic carbocycles. The molecule has 0 bridgehead atoms. The average molecular weight is 636 g/mol. The number of nitrogens with one attached hydrogen (secondary N) is 1. The van der Waals surface area contributed by atoms with Crippen molar-refractivity contribution in [2.24, 2.45) is 0 Å². The number of rotatable bonds is 4. The Balaban J connectivity index is 1.19. The van der Waals surface area contributed by atoms with Crippen LogP contribution in [0.15, 0.2) is 170 Å². The minimum atomic E-state index is 1.14. The fourth-order valence-corrected chi connectivity index (χ4v) is 7.86. The highest BCUT2D eigenvalue weighted by Gasteiger charge is 2.29. The van der Waals surface area contributed by atoms with E-state index in [0.717, 1.165) is 11.2 Å². The Morgan fingerprint density at radius 1 is 0.480 bits per heavy atom. The SMILES string of the molecule is Cc1cc(-c2cccc3c2[nH]c2cc4ccccc4cc23)c2c(c1)N(c1ccc(-c3ccccc3)cc1)c1ccc(-c3ccccc3)cc1[B]2. The Bertz CT molecular complexity index is 2730. The van der Waals surface area contributed by atoms with Gasteiger partial charge in [-0.25, -0.2) is 0 Å². The van der Waals surface area contributed by atoms with E-state index >= 15 is 0 Å². The molecule has 50 heavy (non-hydrogen) atoms. The standard InChI is InChI=1S/C47H32BN2/c1-30-25-41(39-18-10-17-38-40-27-34-15-8-9-16-35(34)29-43(40)49-47(38)39)46-45(26-30)50(37-22-19-33(20-23-37)31-11-4-2-5-12-31)44-24-21-36(28-42(44)48-46)32-13-6-3-7-14-32/h2-29,49H,1H3. The van der Waals surface area contributed by atoms with Gasteiger partial charge < -0.3 is 9.88 Å². The van der Waals surface area contributed by atoms with Gasteiger partial charge in [-0.1, -0.05) is 139 Å². The van der Waals surface area contributed by atoms with E-state index in [1.165, 1.54) is 88.3 Å². The summed E-state index contributed by atoms with van der Waals surface area (Å²) in [7, 11) is 2.40. The molecule has 0 saturated carbocycles. The Morgan fingerprint density at radius 3 is 1.90 bits per heavy atom. The summed E-state index contributed by atoms with van der Waals surface area (Å²) in [5.41, 5.74) is 16.8. The van der Waals surface area contributed by atoms with Gasteiger partial charge in [-0.15, -0.1) is 0 Å². The van der Waals surface area contributed by atoms with E-state index < -0.39 is 0 Å². The lowest BCUT2D eigenvalue weighted by Crippen LogP contribution is -2.41. The lowest BCUT2D eigenvalue weighted by Gasteiger charge is -2.35. The van der Waals surface area contributed by atoms with Crippen molar-refractivity contribution in [1.29, 1.82) is 0 Å². The molecule has 8 aromatic carbocycles. The van der Waals surface area contributed by atoms with Crippen LogP contribution in [0.25, 0.3) is 66.0 Å². The molecule has 2 nitrogen and oxygen atoms in total. The Morgan fingerprint density at radius 2 is 1.14 bits per heavy atom. The van der Waals surface area contributed by atoms with Gasteiger partial charge in [0.2, 0.25) is 0 Å². The first-order chi connectivity index (χ1) is 24.7. The van der Waals surface area contributed by atoms with Gasteiger partial charge in [-0.05, 0) is 92.9 Å². The van der Waals surface area contributed by atoms with Crippen molar-refractivity contribution >= 4 is 67.8 Å². The molecule has 1 N–H and O–H groups in total. The van der Waals surface area contributed by atoms with Crippen LogP contribution in [0.2, 0.25) is 0 Å². The molecule has 0 amide bonds. The fraction of sp³-hybridized carbons (Fsp3) is 0.0213. The third-order valence-corrected chi connectivity index (χ3v) is 10.2. The number of nitrogens with zero attached hydrogens (tertiary/aromatic N) is 1. The van der Waals surface area contributed by atoms with E-state index in [1.54, 1.807) is 0 Å². The van der Waals surface area contributed by atoms with Crippen LogP contribution >= 0.6 is 0 Å². The first-order valence-electron chi connectivity index (χ1n) is 17.3. The number of benzene rings is 8. The molecule has 0 unspecified atom stereocenters. The van der Waals surface area contributed by atoms with Gasteiger partial charge in [0.05, 0.1) is 5.52 Å². The number of hydrogen-bond acceptors (Lipinski definition) is 1. The maximum atomic E-state index is 3.85. The van der Waals surface area contributed by atoms with E-state index in [2.05, 4.69) is 194 Å². The maximum absolute atomic E-state index is 3.85. The molecule has 1 aliphatic heterocycles. The Kier molecular flexibility index (Phi) is 6.53. The number of anilines is 3. The second kappa shape index (κ2) is 11.4. The number of para-hydroxylation sites is 1. The van der Waals surface area contributed by atoms with Gasteiger partial charge in [0.15, 0.2) is 7.28 Å². The zero-order chi connectivity index (χ0) is 33.2. The molecule has 9 aromatic rings. The van der Waals surface area contributed by atoms with Crippen LogP contribution < -0.4 is 15.8 Å². The zero-order valence-electron chi connectivity index (χ0n) is 27.7. The summed E-state index contributed by atoms with van der Waals surface area (Å²) < 4.78 is 0. The number of H-pyrrole nitrogens is 1. The van der Waals surface area contributed by atoms with Crippen molar-refractivity contribution in [2.75, 3.05) is 4.90 Å². The minimum absolute atomic E-state index is 1.14. The van der Waals surface area contributed by atoms with Crippen LogP contribution in [0, 0.1) is 6.92 Å². The highest BCUT2D eigenvalue weighted by molar-refractivity contribution is 6.73. The monoisotopic (exact) mass is 635 g/mol. The van der Waals surface area contributed by atoms with Crippen molar-refractivity contribution in [3.8, 4) is 33.4 Å². The molecule has 0 atom stereocenters. The fourth-order valence-electron chi connectivity index (χ4n) is 7.86. The first-order valence-corrected chi connectivity index (χ1v) is 17.3. The largest absolute Gasteiger partial charge is 0.354 e. The summed E-state index contributed by atoms with van der Waals surface area (Å²) in [6.45, 7) is 2.21. The van der Waals surface area contributed by atoms with Gasteiger partial charge in [0, 0.05) is 38.9 Å². The van der Waals surface area contributed by atoms with E-state index in [1.807, 2.05) is 0 Å². The average Bonchev–Trinajstić information content (AvgIpc) is 3.54. The quantitative estimate of drug-likeness (QED) is 0.191. The predicted octanol–water partition coefficient (Wildman–Crippen LogP) is 11.2. The number of aryl methyl sites for hydroxylation is 1. The van der Waals surface area contributed by atoms with Crippen molar-refractivity contribution in [3.05, 3.63) is 175 Å². The molecule has 1 aromatic heterocycles. The zero-order valence-corrected chi connectivity index (χ0v) is 27.7. The van der Waals surface area contributed by atoms with Gasteiger partial charge in [-0.3, -0.25) is 0 Å². The summed E-state index contributed by atoms with van der Waals surface area (Å²) in [5.74, 6) is 0. The van der Waals surface area contributed by atoms with Crippen molar-refractivity contribution in [3.63, 3.8) is 0 Å². The minimum Gasteiger partial charge on any atom is -0.354 e. The van der Waals surface area contributed by atoms with Gasteiger partial charge in [0.1, 0.15) is 0 Å². The third-order valence-electron chi connectivity index (χ3n) is 10.2. The van der Waals surface area contributed by atoms with Crippen LogP contribution in [0.3, 0.4) is 0 Å². The topological polar surface area (TPSA) is 19.0 Å². The van der Waals surface area contributed by atoms with E-state index in [0.29, 0.717) is 0 Å². The van der Waals surface area contributed by atoms with Crippen LogP contribution in [-0.4, -0.2) is 12.3 Å². The van der Waals surface area contributed by atoms with Crippen molar-refractivity contribution in [2.45, 2.75) is 6.92 Å². The molecule has 0 fully saturated rings. The van der Waals surface area contributed by atoms with Gasteiger partial charge in [0.25, 0.3) is 0 Å². The second-order valence-corrected chi connectivity index (χ2v) is 13.4. The number of fused-ring (bicyclic) bond motifs is 6. The van der Waals surface area contributed by atoms with Crippen molar-refractivity contribution < 1.29 is 0 Å². The van der Waals surface area contributed by atoms with Crippen LogP contribution in [0.1, 0.15) is 5.56 Å². The third kappa shape index (κ3) is 4.66. The van der Waals surface area contributed by atoms with Crippen molar-refractivity contribution in [1.82, 2.24) is 4.98 Å². The Labute approximate surface area is 292 Å². The van der Waals surface area contributed by atoms with E-state index in [9.17, 15) is 0 Å². The number of aromatic amines is 1. The summed E-state index contributed by atoms with van der Waals surface area (Å²) in [4.78, 5) is 6.30. The van der Waals surface area contributed by atoms with Gasteiger partial charge in [-0.2, -0.15) is 0 Å². The smallest absolute Gasteiger partial charge is 0.197 e. The molecule has 233 valence electrons. The first kappa shape index (κ1) is 28.7. The molecule has 1 radical (unpaired) electrons. The molecule has 0 spiro atoms. The predicted molar refractivity (Wildman–Crippen MR) is 214 cm³/mol. The highest BCUT2D eigenvalue weighted by atomic mass is 15.1. The summed E-state index contributed by atoms with van der Waals surface area (Å²) in [5, 5.41) is 5.00. The summed E-state index contributed by atoms with van der Waals surface area (Å²) >= 11 is 0. The Hall–Kier alpha value is -6.32.